The zero-order valence-electron chi connectivity index (χ0n) is 14.1. The number of carboxylic acid groups (broad SMARTS) is 1. The molecule has 1 fully saturated rings. The van der Waals surface area contributed by atoms with E-state index in [1.54, 1.807) is 17.0 Å². The van der Waals surface area contributed by atoms with Gasteiger partial charge in [0, 0.05) is 37.3 Å². The van der Waals surface area contributed by atoms with Gasteiger partial charge in [0.1, 0.15) is 6.10 Å². The van der Waals surface area contributed by atoms with Crippen LogP contribution in [-0.2, 0) is 9.53 Å². The first-order valence-electron chi connectivity index (χ1n) is 8.17. The second-order valence-corrected chi connectivity index (χ2v) is 6.27. The van der Waals surface area contributed by atoms with Crippen LogP contribution >= 0.6 is 0 Å². The van der Waals surface area contributed by atoms with Crippen molar-refractivity contribution in [3.05, 3.63) is 23.9 Å². The highest BCUT2D eigenvalue weighted by atomic mass is 16.5. The number of ether oxygens (including phenoxy) is 2. The van der Waals surface area contributed by atoms with Crippen LogP contribution < -0.4 is 4.74 Å². The molecule has 7 nitrogen and oxygen atoms in total. The van der Waals surface area contributed by atoms with Crippen molar-refractivity contribution < 1.29 is 24.2 Å². The fourth-order valence-corrected chi connectivity index (χ4v) is 2.51. The molecule has 1 aromatic rings. The van der Waals surface area contributed by atoms with Gasteiger partial charge in [0.2, 0.25) is 5.88 Å². The molecule has 1 aliphatic heterocycles. The van der Waals surface area contributed by atoms with Gasteiger partial charge in [-0.1, -0.05) is 13.8 Å². The first-order valence-corrected chi connectivity index (χ1v) is 8.17. The average molecular weight is 336 g/mol. The van der Waals surface area contributed by atoms with Gasteiger partial charge in [-0.25, -0.2) is 4.98 Å². The standard InChI is InChI=1S/C17H24N2O5/c1-12(2)10-19(7-4-16(20)21)17(22)13-3-6-18-15(9-13)24-14-5-8-23-11-14/h3,6,9,12,14H,4-5,7-8,10-11H2,1-2H3,(H,20,21). The van der Waals surface area contributed by atoms with Crippen molar-refractivity contribution in [3.8, 4) is 5.88 Å². The van der Waals surface area contributed by atoms with E-state index in [0.29, 0.717) is 31.2 Å². The van der Waals surface area contributed by atoms with Gasteiger partial charge < -0.3 is 19.5 Å². The maximum atomic E-state index is 12.7. The van der Waals surface area contributed by atoms with Crippen molar-refractivity contribution in [1.29, 1.82) is 0 Å². The first-order chi connectivity index (χ1) is 11.5. The van der Waals surface area contributed by atoms with Crippen LogP contribution in [0.3, 0.4) is 0 Å². The molecule has 2 heterocycles. The van der Waals surface area contributed by atoms with Gasteiger partial charge in [-0.3, -0.25) is 9.59 Å². The minimum absolute atomic E-state index is 0.0402. The van der Waals surface area contributed by atoms with Crippen molar-refractivity contribution in [2.45, 2.75) is 32.8 Å². The maximum absolute atomic E-state index is 12.7. The third-order valence-corrected chi connectivity index (χ3v) is 3.63. The Labute approximate surface area is 141 Å². The van der Waals surface area contributed by atoms with Gasteiger partial charge in [0.15, 0.2) is 0 Å². The number of carboxylic acids is 1. The number of aromatic nitrogens is 1. The number of nitrogens with zero attached hydrogens (tertiary/aromatic N) is 2. The first kappa shape index (κ1) is 18.2. The van der Waals surface area contributed by atoms with Crippen molar-refractivity contribution in [2.24, 2.45) is 5.92 Å². The van der Waals surface area contributed by atoms with E-state index in [4.69, 9.17) is 14.6 Å². The predicted octanol–water partition coefficient (Wildman–Crippen LogP) is 1.82. The lowest BCUT2D eigenvalue weighted by molar-refractivity contribution is -0.137. The lowest BCUT2D eigenvalue weighted by Crippen LogP contribution is -2.36. The summed E-state index contributed by atoms with van der Waals surface area (Å²) in [4.78, 5) is 29.2. The van der Waals surface area contributed by atoms with Gasteiger partial charge in [-0.15, -0.1) is 0 Å². The Morgan fingerprint density at radius 2 is 2.29 bits per heavy atom. The maximum Gasteiger partial charge on any atom is 0.305 e. The molecule has 24 heavy (non-hydrogen) atoms. The number of carbonyl (C=O) groups is 2. The van der Waals surface area contributed by atoms with Crippen LogP contribution in [0, 0.1) is 5.92 Å². The quantitative estimate of drug-likeness (QED) is 0.779. The molecule has 0 bridgehead atoms. The van der Waals surface area contributed by atoms with E-state index in [0.717, 1.165) is 6.42 Å². The fourth-order valence-electron chi connectivity index (χ4n) is 2.51. The van der Waals surface area contributed by atoms with Crippen molar-refractivity contribution in [3.63, 3.8) is 0 Å². The summed E-state index contributed by atoms with van der Waals surface area (Å²) in [7, 11) is 0. The number of hydrogen-bond donors (Lipinski definition) is 1. The van der Waals surface area contributed by atoms with E-state index in [9.17, 15) is 9.59 Å². The largest absolute Gasteiger partial charge is 0.481 e. The topological polar surface area (TPSA) is 89.0 Å². The minimum Gasteiger partial charge on any atom is -0.481 e. The number of rotatable bonds is 8. The summed E-state index contributed by atoms with van der Waals surface area (Å²) in [6.07, 6.45) is 2.22. The van der Waals surface area contributed by atoms with Crippen LogP contribution in [-0.4, -0.2) is 59.3 Å². The molecule has 1 unspecified atom stereocenters. The Bertz CT molecular complexity index is 570. The Hall–Kier alpha value is -2.15. The van der Waals surface area contributed by atoms with Gasteiger partial charge in [0.25, 0.3) is 5.91 Å². The normalized spacial score (nSPS) is 17.0. The summed E-state index contributed by atoms with van der Waals surface area (Å²) in [6.45, 7) is 5.85. The third-order valence-electron chi connectivity index (χ3n) is 3.63. The lowest BCUT2D eigenvalue weighted by Gasteiger charge is -2.24. The Morgan fingerprint density at radius 3 is 2.92 bits per heavy atom. The summed E-state index contributed by atoms with van der Waals surface area (Å²) in [5, 5.41) is 8.87. The molecule has 0 aromatic carbocycles. The van der Waals surface area contributed by atoms with Crippen LogP contribution in [0.15, 0.2) is 18.3 Å². The van der Waals surface area contributed by atoms with Crippen LogP contribution in [0.4, 0.5) is 0 Å². The Balaban J connectivity index is 2.07. The lowest BCUT2D eigenvalue weighted by atomic mass is 10.1. The molecule has 7 heteroatoms. The van der Waals surface area contributed by atoms with Gasteiger partial charge in [-0.2, -0.15) is 0 Å². The highest BCUT2D eigenvalue weighted by molar-refractivity contribution is 5.94. The monoisotopic (exact) mass is 336 g/mol. The Morgan fingerprint density at radius 1 is 1.50 bits per heavy atom. The molecule has 0 saturated carbocycles. The molecule has 1 saturated heterocycles. The van der Waals surface area contributed by atoms with E-state index >= 15 is 0 Å². The molecular weight excluding hydrogens is 312 g/mol. The van der Waals surface area contributed by atoms with Crippen molar-refractivity contribution in [1.82, 2.24) is 9.88 Å². The molecule has 1 atom stereocenters. The summed E-state index contributed by atoms with van der Waals surface area (Å²) >= 11 is 0. The zero-order valence-corrected chi connectivity index (χ0v) is 14.1. The van der Waals surface area contributed by atoms with Crippen LogP contribution in [0.1, 0.15) is 37.0 Å². The van der Waals surface area contributed by atoms with Crippen molar-refractivity contribution >= 4 is 11.9 Å². The number of amides is 1. The summed E-state index contributed by atoms with van der Waals surface area (Å²) in [6, 6.07) is 3.23. The van der Waals surface area contributed by atoms with E-state index < -0.39 is 5.97 Å². The Kier molecular flexibility index (Phi) is 6.54. The molecule has 1 aliphatic rings. The number of aliphatic carboxylic acids is 1. The molecule has 1 aromatic heterocycles. The van der Waals surface area contributed by atoms with E-state index in [1.807, 2.05) is 13.8 Å². The molecule has 1 N–H and O–H groups in total. The van der Waals surface area contributed by atoms with Gasteiger partial charge in [-0.05, 0) is 12.0 Å². The SMILES string of the molecule is CC(C)CN(CCC(=O)O)C(=O)c1ccnc(OC2CCOC2)c1. The number of carbonyl (C=O) groups excluding carboxylic acids is 1. The molecule has 0 aliphatic carbocycles. The molecule has 0 spiro atoms. The molecule has 132 valence electrons. The number of pyridine rings is 1. The van der Waals surface area contributed by atoms with E-state index in [2.05, 4.69) is 4.98 Å². The average Bonchev–Trinajstić information content (AvgIpc) is 3.03. The minimum atomic E-state index is -0.920. The van der Waals surface area contributed by atoms with Gasteiger partial charge in [0.05, 0.1) is 19.6 Å². The number of hydrogen-bond acceptors (Lipinski definition) is 5. The van der Waals surface area contributed by atoms with Gasteiger partial charge >= 0.3 is 5.97 Å². The fraction of sp³-hybridized carbons (Fsp3) is 0.588. The smallest absolute Gasteiger partial charge is 0.305 e. The van der Waals surface area contributed by atoms with Crippen LogP contribution in [0.2, 0.25) is 0 Å². The summed E-state index contributed by atoms with van der Waals surface area (Å²) in [5.74, 6) is -0.494. The van der Waals surface area contributed by atoms with E-state index in [-0.39, 0.29) is 30.9 Å². The molecule has 1 amide bonds. The molecular formula is C17H24N2O5. The summed E-state index contributed by atoms with van der Waals surface area (Å²) < 4.78 is 11.0. The molecule has 0 radical (unpaired) electrons. The highest BCUT2D eigenvalue weighted by Crippen LogP contribution is 2.17. The van der Waals surface area contributed by atoms with Crippen molar-refractivity contribution in [2.75, 3.05) is 26.3 Å². The van der Waals surface area contributed by atoms with E-state index in [1.165, 1.54) is 6.20 Å². The second kappa shape index (κ2) is 8.63. The van der Waals surface area contributed by atoms with Crippen LogP contribution in [0.25, 0.3) is 0 Å². The third kappa shape index (κ3) is 5.49. The van der Waals surface area contributed by atoms with Crippen LogP contribution in [0.5, 0.6) is 5.88 Å². The molecule has 2 rings (SSSR count). The zero-order chi connectivity index (χ0) is 17.5. The summed E-state index contributed by atoms with van der Waals surface area (Å²) in [5.41, 5.74) is 0.449. The highest BCUT2D eigenvalue weighted by Gasteiger charge is 2.21. The predicted molar refractivity (Wildman–Crippen MR) is 87.1 cm³/mol. The second-order valence-electron chi connectivity index (χ2n) is 6.27.